The van der Waals surface area contributed by atoms with Crippen LogP contribution in [0, 0.1) is 0 Å². The van der Waals surface area contributed by atoms with Crippen molar-refractivity contribution >= 4 is 5.91 Å². The van der Waals surface area contributed by atoms with Crippen LogP contribution in [0.3, 0.4) is 0 Å². The molecule has 0 aromatic heterocycles. The molecule has 0 radical (unpaired) electrons. The summed E-state index contributed by atoms with van der Waals surface area (Å²) in [4.78, 5) is 13.0. The van der Waals surface area contributed by atoms with Crippen molar-refractivity contribution in [3.63, 3.8) is 0 Å². The number of carbonyl (C=O) groups is 1. The zero-order valence-corrected chi connectivity index (χ0v) is 33.4. The topological polar surface area (TPSA) is 169 Å². The molecule has 10 nitrogen and oxygen atoms in total. The Labute approximate surface area is 317 Å². The number of carbonyl (C=O) groups excluding carboxylic acids is 1. The fraction of sp³-hybridized carbons (Fsp3) is 0.976. The molecule has 7 N–H and O–H groups in total. The number of ether oxygens (including phenoxy) is 2. The number of amides is 1. The molecular formula is C42H83NO9. The van der Waals surface area contributed by atoms with Crippen molar-refractivity contribution in [2.24, 2.45) is 0 Å². The molecular weight excluding hydrogens is 662 g/mol. The summed E-state index contributed by atoms with van der Waals surface area (Å²) in [6, 6.07) is -0.983. The van der Waals surface area contributed by atoms with Gasteiger partial charge in [0.15, 0.2) is 6.29 Å². The Morgan fingerprint density at radius 3 is 1.42 bits per heavy atom. The highest BCUT2D eigenvalue weighted by atomic mass is 16.7. The van der Waals surface area contributed by atoms with Crippen LogP contribution in [-0.2, 0) is 14.3 Å². The van der Waals surface area contributed by atoms with Crippen molar-refractivity contribution in [2.75, 3.05) is 13.2 Å². The van der Waals surface area contributed by atoms with Crippen molar-refractivity contribution in [1.82, 2.24) is 5.32 Å². The van der Waals surface area contributed by atoms with E-state index in [1.807, 2.05) is 0 Å². The van der Waals surface area contributed by atoms with Gasteiger partial charge in [-0.3, -0.25) is 4.79 Å². The SMILES string of the molecule is CCCCCCCCCCCCCCCCCCC(=O)N[C@@H](CO[C@@H]1O[C@H](CO)[C@@H](O)C(O)C1O)[C@H](O)[C@H](O)CCCCCCCCCCCCC. The maximum absolute atomic E-state index is 13.0. The summed E-state index contributed by atoms with van der Waals surface area (Å²) in [5.74, 6) is -0.256. The average molecular weight is 746 g/mol. The smallest absolute Gasteiger partial charge is 0.220 e. The molecule has 0 aromatic rings. The first kappa shape index (κ1) is 49.2. The highest BCUT2D eigenvalue weighted by Gasteiger charge is 2.44. The summed E-state index contributed by atoms with van der Waals surface area (Å²) < 4.78 is 11.1. The van der Waals surface area contributed by atoms with Gasteiger partial charge in [0.25, 0.3) is 0 Å². The van der Waals surface area contributed by atoms with Crippen LogP contribution in [0.2, 0.25) is 0 Å². The van der Waals surface area contributed by atoms with E-state index in [1.54, 1.807) is 0 Å². The molecule has 1 aliphatic rings. The number of aliphatic hydroxyl groups excluding tert-OH is 6. The monoisotopic (exact) mass is 746 g/mol. The second-order valence-corrected chi connectivity index (χ2v) is 15.6. The van der Waals surface area contributed by atoms with E-state index in [9.17, 15) is 35.4 Å². The van der Waals surface area contributed by atoms with Gasteiger partial charge in [-0.15, -0.1) is 0 Å². The van der Waals surface area contributed by atoms with E-state index in [-0.39, 0.29) is 18.9 Å². The van der Waals surface area contributed by atoms with Gasteiger partial charge in [-0.1, -0.05) is 181 Å². The zero-order chi connectivity index (χ0) is 38.2. The molecule has 0 saturated carbocycles. The van der Waals surface area contributed by atoms with Gasteiger partial charge in [0.2, 0.25) is 5.91 Å². The van der Waals surface area contributed by atoms with Crippen LogP contribution < -0.4 is 5.32 Å². The molecule has 310 valence electrons. The number of rotatable bonds is 36. The Hall–Kier alpha value is -0.850. The molecule has 8 atom stereocenters. The molecule has 1 fully saturated rings. The largest absolute Gasteiger partial charge is 0.394 e. The summed E-state index contributed by atoms with van der Waals surface area (Å²) in [6.45, 7) is 3.59. The van der Waals surface area contributed by atoms with Crippen molar-refractivity contribution in [3.05, 3.63) is 0 Å². The lowest BCUT2D eigenvalue weighted by Gasteiger charge is -2.40. The fourth-order valence-corrected chi connectivity index (χ4v) is 7.20. The lowest BCUT2D eigenvalue weighted by atomic mass is 9.98. The molecule has 0 spiro atoms. The first-order valence-corrected chi connectivity index (χ1v) is 21.8. The predicted octanol–water partition coefficient (Wildman–Crippen LogP) is 7.36. The minimum atomic E-state index is -1.60. The Balaban J connectivity index is 2.41. The van der Waals surface area contributed by atoms with E-state index < -0.39 is 55.6 Å². The summed E-state index contributed by atoms with van der Waals surface area (Å²) in [5.41, 5.74) is 0. The highest BCUT2D eigenvalue weighted by molar-refractivity contribution is 5.76. The van der Waals surface area contributed by atoms with Gasteiger partial charge in [-0.05, 0) is 12.8 Å². The number of unbranched alkanes of at least 4 members (excludes halogenated alkanes) is 25. The van der Waals surface area contributed by atoms with Crippen molar-refractivity contribution in [2.45, 2.75) is 249 Å². The van der Waals surface area contributed by atoms with Gasteiger partial charge in [0, 0.05) is 6.42 Å². The van der Waals surface area contributed by atoms with E-state index in [2.05, 4.69) is 19.2 Å². The van der Waals surface area contributed by atoms with Crippen LogP contribution in [0.5, 0.6) is 0 Å². The summed E-state index contributed by atoms with van der Waals surface area (Å²) in [7, 11) is 0. The Bertz CT molecular complexity index is 803. The third-order valence-electron chi connectivity index (χ3n) is 10.8. The van der Waals surface area contributed by atoms with Crippen LogP contribution in [0.1, 0.15) is 200 Å². The number of aliphatic hydroxyl groups is 6. The number of hydrogen-bond donors (Lipinski definition) is 7. The third kappa shape index (κ3) is 23.8. The molecule has 52 heavy (non-hydrogen) atoms. The Morgan fingerprint density at radius 2 is 1.00 bits per heavy atom. The van der Waals surface area contributed by atoms with Crippen LogP contribution in [0.15, 0.2) is 0 Å². The van der Waals surface area contributed by atoms with Crippen molar-refractivity contribution in [3.8, 4) is 0 Å². The Kier molecular flexibility index (Phi) is 31.7. The van der Waals surface area contributed by atoms with Gasteiger partial charge in [0.1, 0.15) is 30.5 Å². The molecule has 1 heterocycles. The van der Waals surface area contributed by atoms with Crippen molar-refractivity contribution in [1.29, 1.82) is 0 Å². The second kappa shape index (κ2) is 33.5. The second-order valence-electron chi connectivity index (χ2n) is 15.6. The van der Waals surface area contributed by atoms with Gasteiger partial charge in [-0.25, -0.2) is 0 Å². The van der Waals surface area contributed by atoms with Crippen LogP contribution in [0.4, 0.5) is 0 Å². The standard InChI is InChI=1S/C42H83NO9/c1-3-5-7-9-11-13-15-16-17-18-19-21-23-25-27-29-31-37(46)43-34(33-51-42-41(50)40(49)39(48)36(32-44)52-42)38(47)35(45)30-28-26-24-22-20-14-12-10-8-6-4-2/h34-36,38-42,44-45,47-50H,3-33H2,1-2H3,(H,43,46)/t34-,35+,36+,38-,39+,40?,41?,42+/m0/s1. The highest BCUT2D eigenvalue weighted by Crippen LogP contribution is 2.23. The van der Waals surface area contributed by atoms with Gasteiger partial charge < -0.3 is 45.4 Å². The quantitative estimate of drug-likeness (QED) is 0.0324. The molecule has 0 aromatic carbocycles. The van der Waals surface area contributed by atoms with Gasteiger partial charge in [0.05, 0.1) is 25.4 Å². The molecule has 0 aliphatic carbocycles. The van der Waals surface area contributed by atoms with Gasteiger partial charge in [-0.2, -0.15) is 0 Å². The van der Waals surface area contributed by atoms with Crippen molar-refractivity contribution < 1.29 is 44.9 Å². The Morgan fingerprint density at radius 1 is 0.596 bits per heavy atom. The lowest BCUT2D eigenvalue weighted by molar-refractivity contribution is -0.303. The average Bonchev–Trinajstić information content (AvgIpc) is 3.14. The zero-order valence-electron chi connectivity index (χ0n) is 33.4. The predicted molar refractivity (Wildman–Crippen MR) is 209 cm³/mol. The molecule has 1 rings (SSSR count). The molecule has 1 aliphatic heterocycles. The minimum absolute atomic E-state index is 0.256. The van der Waals surface area contributed by atoms with Gasteiger partial charge >= 0.3 is 0 Å². The fourth-order valence-electron chi connectivity index (χ4n) is 7.20. The first-order chi connectivity index (χ1) is 25.3. The number of nitrogens with one attached hydrogen (secondary N) is 1. The van der Waals surface area contributed by atoms with E-state index in [4.69, 9.17) is 9.47 Å². The summed E-state index contributed by atoms with van der Waals surface area (Å²) in [6.07, 6.45) is 23.9. The lowest BCUT2D eigenvalue weighted by Crippen LogP contribution is -2.60. The van der Waals surface area contributed by atoms with Crippen LogP contribution >= 0.6 is 0 Å². The van der Waals surface area contributed by atoms with E-state index in [0.29, 0.717) is 6.42 Å². The third-order valence-corrected chi connectivity index (χ3v) is 10.8. The molecule has 10 heteroatoms. The van der Waals surface area contributed by atoms with E-state index in [0.717, 1.165) is 44.9 Å². The first-order valence-electron chi connectivity index (χ1n) is 21.8. The summed E-state index contributed by atoms with van der Waals surface area (Å²) >= 11 is 0. The molecule has 2 unspecified atom stereocenters. The normalized spacial score (nSPS) is 22.3. The molecule has 1 amide bonds. The van der Waals surface area contributed by atoms with Crippen LogP contribution in [-0.4, -0.2) is 98.7 Å². The molecule has 0 bridgehead atoms. The maximum Gasteiger partial charge on any atom is 0.220 e. The maximum atomic E-state index is 13.0. The van der Waals surface area contributed by atoms with E-state index >= 15 is 0 Å². The minimum Gasteiger partial charge on any atom is -0.394 e. The van der Waals surface area contributed by atoms with E-state index in [1.165, 1.54) is 128 Å². The molecule has 1 saturated heterocycles. The number of hydrogen-bond acceptors (Lipinski definition) is 9. The summed E-state index contributed by atoms with van der Waals surface area (Å²) in [5, 5.41) is 65.0. The van der Waals surface area contributed by atoms with Crippen LogP contribution in [0.25, 0.3) is 0 Å².